The van der Waals surface area contributed by atoms with Gasteiger partial charge in [0.2, 0.25) is 0 Å². The molecule has 1 heterocycles. The first-order valence-electron chi connectivity index (χ1n) is 7.25. The van der Waals surface area contributed by atoms with Crippen molar-refractivity contribution in [3.63, 3.8) is 0 Å². The van der Waals surface area contributed by atoms with E-state index in [1.807, 2.05) is 42.5 Å². The maximum absolute atomic E-state index is 11.4. The number of methoxy groups -OCH3 is 2. The Morgan fingerprint density at radius 1 is 1.04 bits per heavy atom. The van der Waals surface area contributed by atoms with Crippen molar-refractivity contribution >= 4 is 5.97 Å². The Morgan fingerprint density at radius 3 is 2.38 bits per heavy atom. The number of para-hydroxylation sites is 2. The van der Waals surface area contributed by atoms with E-state index in [4.69, 9.17) is 9.47 Å². The molecule has 1 aromatic heterocycles. The monoisotopic (exact) mass is 324 g/mol. The molecule has 0 aliphatic carbocycles. The second-order valence-corrected chi connectivity index (χ2v) is 5.03. The average molecular weight is 324 g/mol. The number of rotatable bonds is 5. The van der Waals surface area contributed by atoms with Crippen LogP contribution < -0.4 is 9.47 Å². The largest absolute Gasteiger partial charge is 0.497 e. The quantitative estimate of drug-likeness (QED) is 0.780. The van der Waals surface area contributed by atoms with E-state index in [1.165, 1.54) is 6.07 Å². The number of benzene rings is 2. The highest BCUT2D eigenvalue weighted by molar-refractivity contribution is 5.87. The van der Waals surface area contributed by atoms with Crippen LogP contribution in [0.15, 0.2) is 54.6 Å². The lowest BCUT2D eigenvalue weighted by Crippen LogP contribution is -2.04. The molecule has 0 aliphatic rings. The summed E-state index contributed by atoms with van der Waals surface area (Å²) >= 11 is 0. The molecule has 0 fully saturated rings. The van der Waals surface area contributed by atoms with E-state index in [1.54, 1.807) is 25.0 Å². The summed E-state index contributed by atoms with van der Waals surface area (Å²) in [5.41, 5.74) is 2.10. The van der Waals surface area contributed by atoms with Crippen molar-refractivity contribution in [3.8, 4) is 28.4 Å². The smallest absolute Gasteiger partial charge is 0.356 e. The number of ether oxygens (including phenoxy) is 2. The third kappa shape index (κ3) is 2.81. The fourth-order valence-electron chi connectivity index (χ4n) is 2.44. The second kappa shape index (κ2) is 6.45. The van der Waals surface area contributed by atoms with E-state index in [-0.39, 0.29) is 5.69 Å². The van der Waals surface area contributed by atoms with Crippen LogP contribution in [0.1, 0.15) is 10.5 Å². The fraction of sp³-hybridized carbons (Fsp3) is 0.111. The van der Waals surface area contributed by atoms with E-state index >= 15 is 0 Å². The minimum Gasteiger partial charge on any atom is -0.497 e. The lowest BCUT2D eigenvalue weighted by atomic mass is 10.1. The first-order chi connectivity index (χ1) is 11.6. The molecule has 0 aliphatic heterocycles. The first-order valence-corrected chi connectivity index (χ1v) is 7.25. The number of aromatic carboxylic acids is 1. The van der Waals surface area contributed by atoms with Crippen LogP contribution in [0.3, 0.4) is 0 Å². The lowest BCUT2D eigenvalue weighted by Gasteiger charge is -2.11. The highest BCUT2D eigenvalue weighted by Gasteiger charge is 2.18. The molecule has 0 amide bonds. The highest BCUT2D eigenvalue weighted by atomic mass is 16.5. The number of hydrogen-bond donors (Lipinski definition) is 1. The van der Waals surface area contributed by atoms with Crippen molar-refractivity contribution in [1.29, 1.82) is 0 Å². The molecule has 122 valence electrons. The van der Waals surface area contributed by atoms with Gasteiger partial charge in [0.1, 0.15) is 17.2 Å². The van der Waals surface area contributed by atoms with Crippen LogP contribution in [0.25, 0.3) is 16.9 Å². The third-order valence-corrected chi connectivity index (χ3v) is 3.63. The number of nitrogens with zero attached hydrogens (tertiary/aromatic N) is 2. The molecule has 24 heavy (non-hydrogen) atoms. The van der Waals surface area contributed by atoms with Gasteiger partial charge in [0.15, 0.2) is 5.69 Å². The molecule has 0 bridgehead atoms. The summed E-state index contributed by atoms with van der Waals surface area (Å²) in [7, 11) is 3.16. The molecular weight excluding hydrogens is 308 g/mol. The van der Waals surface area contributed by atoms with Crippen molar-refractivity contribution in [2.75, 3.05) is 14.2 Å². The predicted molar refractivity (Wildman–Crippen MR) is 89.1 cm³/mol. The molecule has 0 radical (unpaired) electrons. The van der Waals surface area contributed by atoms with Crippen molar-refractivity contribution in [3.05, 3.63) is 60.3 Å². The summed E-state index contributed by atoms with van der Waals surface area (Å²) in [6.07, 6.45) is 0. The highest BCUT2D eigenvalue weighted by Crippen LogP contribution is 2.30. The molecular formula is C18H16N2O4. The van der Waals surface area contributed by atoms with E-state index in [2.05, 4.69) is 5.10 Å². The lowest BCUT2D eigenvalue weighted by molar-refractivity contribution is 0.0690. The van der Waals surface area contributed by atoms with Crippen LogP contribution in [-0.2, 0) is 0 Å². The summed E-state index contributed by atoms with van der Waals surface area (Å²) in [5, 5.41) is 13.5. The summed E-state index contributed by atoms with van der Waals surface area (Å²) < 4.78 is 12.1. The number of aromatic nitrogens is 2. The maximum atomic E-state index is 11.4. The molecule has 6 heteroatoms. The molecule has 2 aromatic carbocycles. The minimum absolute atomic E-state index is 0.0354. The molecule has 0 atom stereocenters. The second-order valence-electron chi connectivity index (χ2n) is 5.03. The maximum Gasteiger partial charge on any atom is 0.356 e. The van der Waals surface area contributed by atoms with Crippen molar-refractivity contribution < 1.29 is 19.4 Å². The zero-order valence-electron chi connectivity index (χ0n) is 13.3. The molecule has 1 N–H and O–H groups in total. The minimum atomic E-state index is -1.08. The Hall–Kier alpha value is -3.28. The van der Waals surface area contributed by atoms with Gasteiger partial charge in [-0.25, -0.2) is 9.48 Å². The molecule has 0 saturated carbocycles. The van der Waals surface area contributed by atoms with Gasteiger partial charge in [-0.2, -0.15) is 5.10 Å². The van der Waals surface area contributed by atoms with Gasteiger partial charge in [0.25, 0.3) is 0 Å². The van der Waals surface area contributed by atoms with E-state index in [0.29, 0.717) is 17.1 Å². The summed E-state index contributed by atoms with van der Waals surface area (Å²) in [5.74, 6) is 0.242. The average Bonchev–Trinajstić information content (AvgIpc) is 3.07. The van der Waals surface area contributed by atoms with Crippen LogP contribution in [0.4, 0.5) is 0 Å². The zero-order chi connectivity index (χ0) is 17.1. The number of hydrogen-bond acceptors (Lipinski definition) is 4. The molecule has 3 rings (SSSR count). The molecule has 3 aromatic rings. The third-order valence-electron chi connectivity index (χ3n) is 3.63. The number of carboxylic acid groups (broad SMARTS) is 1. The SMILES string of the molecule is COc1ccc(-c2cc(C(=O)O)nn2-c2ccccc2OC)cc1. The van der Waals surface area contributed by atoms with Crippen LogP contribution in [0, 0.1) is 0 Å². The van der Waals surface area contributed by atoms with Gasteiger partial charge in [-0.05, 0) is 42.5 Å². The number of carbonyl (C=O) groups is 1. The molecule has 0 spiro atoms. The Bertz CT molecular complexity index is 869. The summed E-state index contributed by atoms with van der Waals surface area (Å²) in [6.45, 7) is 0. The Balaban J connectivity index is 2.19. The topological polar surface area (TPSA) is 73.6 Å². The Kier molecular flexibility index (Phi) is 4.20. The van der Waals surface area contributed by atoms with Gasteiger partial charge in [-0.3, -0.25) is 0 Å². The van der Waals surface area contributed by atoms with Crippen LogP contribution in [0.2, 0.25) is 0 Å². The standard InChI is InChI=1S/C18H16N2O4/c1-23-13-9-7-12(8-10-13)16-11-14(18(21)22)19-20(16)15-5-3-4-6-17(15)24-2/h3-11H,1-2H3,(H,21,22). The first kappa shape index (κ1) is 15.6. The predicted octanol–water partition coefficient (Wildman–Crippen LogP) is 3.25. The van der Waals surface area contributed by atoms with Crippen molar-refractivity contribution in [2.45, 2.75) is 0 Å². The van der Waals surface area contributed by atoms with Crippen molar-refractivity contribution in [1.82, 2.24) is 9.78 Å². The van der Waals surface area contributed by atoms with Gasteiger partial charge < -0.3 is 14.6 Å². The van der Waals surface area contributed by atoms with E-state index in [9.17, 15) is 9.90 Å². The Labute approximate surface area is 138 Å². The van der Waals surface area contributed by atoms with Gasteiger partial charge in [-0.15, -0.1) is 0 Å². The van der Waals surface area contributed by atoms with Crippen LogP contribution in [-0.4, -0.2) is 35.1 Å². The van der Waals surface area contributed by atoms with E-state index in [0.717, 1.165) is 11.3 Å². The van der Waals surface area contributed by atoms with Crippen LogP contribution >= 0.6 is 0 Å². The number of carboxylic acids is 1. The Morgan fingerprint density at radius 2 is 1.75 bits per heavy atom. The molecule has 6 nitrogen and oxygen atoms in total. The van der Waals surface area contributed by atoms with Crippen molar-refractivity contribution in [2.24, 2.45) is 0 Å². The van der Waals surface area contributed by atoms with Gasteiger partial charge in [-0.1, -0.05) is 12.1 Å². The summed E-state index contributed by atoms with van der Waals surface area (Å²) in [6, 6.07) is 16.2. The van der Waals surface area contributed by atoms with Gasteiger partial charge >= 0.3 is 5.97 Å². The van der Waals surface area contributed by atoms with Gasteiger partial charge in [0.05, 0.1) is 19.9 Å². The fourth-order valence-corrected chi connectivity index (χ4v) is 2.44. The van der Waals surface area contributed by atoms with Gasteiger partial charge in [0, 0.05) is 5.56 Å². The zero-order valence-corrected chi connectivity index (χ0v) is 13.3. The van der Waals surface area contributed by atoms with Crippen LogP contribution in [0.5, 0.6) is 11.5 Å². The summed E-state index contributed by atoms with van der Waals surface area (Å²) in [4.78, 5) is 11.4. The molecule has 0 saturated heterocycles. The van der Waals surface area contributed by atoms with E-state index < -0.39 is 5.97 Å². The normalized spacial score (nSPS) is 10.4. The molecule has 0 unspecified atom stereocenters.